The Labute approximate surface area is 142 Å². The molecule has 0 spiro atoms. The first-order chi connectivity index (χ1) is 11.8. The van der Waals surface area contributed by atoms with E-state index >= 15 is 0 Å². The Morgan fingerprint density at radius 2 is 1.72 bits per heavy atom. The average Bonchev–Trinajstić information content (AvgIpc) is 2.57. The molecule has 8 nitrogen and oxygen atoms in total. The van der Waals surface area contributed by atoms with Crippen molar-refractivity contribution in [3.05, 3.63) is 64.7 Å². The molecule has 3 N–H and O–H groups in total. The second-order valence-electron chi connectivity index (χ2n) is 5.15. The first kappa shape index (κ1) is 16.5. The highest BCUT2D eigenvalue weighted by Gasteiger charge is 2.23. The lowest BCUT2D eigenvalue weighted by atomic mass is 10.1. The predicted molar refractivity (Wildman–Crippen MR) is 90.9 cm³/mol. The fourth-order valence-electron chi connectivity index (χ4n) is 2.35. The average molecular weight is 360 g/mol. The number of nitro benzene ring substituents is 1. The summed E-state index contributed by atoms with van der Waals surface area (Å²) in [6.45, 7) is 0. The minimum atomic E-state index is -4.34. The lowest BCUT2D eigenvalue weighted by Gasteiger charge is -2.11. The standard InChI is InChI=1S/C16H12N2O6S/c17-13-6-5-10(18(20)21)9-15(13)24-25(22,23)16-8-7-14(19)11-3-1-2-4-12(11)16/h1-9,19H,17H2. The van der Waals surface area contributed by atoms with E-state index < -0.39 is 15.0 Å². The number of nitrogens with two attached hydrogens (primary N) is 1. The maximum atomic E-state index is 12.6. The van der Waals surface area contributed by atoms with Crippen LogP contribution < -0.4 is 9.92 Å². The number of phenols is 1. The molecule has 3 aromatic rings. The van der Waals surface area contributed by atoms with Crippen molar-refractivity contribution in [2.75, 3.05) is 5.73 Å². The van der Waals surface area contributed by atoms with Gasteiger partial charge in [0, 0.05) is 16.8 Å². The highest BCUT2D eigenvalue weighted by atomic mass is 32.2. The Bertz CT molecular complexity index is 1090. The van der Waals surface area contributed by atoms with E-state index in [4.69, 9.17) is 9.92 Å². The number of aromatic hydroxyl groups is 1. The van der Waals surface area contributed by atoms with Gasteiger partial charge in [0.15, 0.2) is 5.75 Å². The van der Waals surface area contributed by atoms with Crippen molar-refractivity contribution in [3.63, 3.8) is 0 Å². The summed E-state index contributed by atoms with van der Waals surface area (Å²) >= 11 is 0. The zero-order valence-electron chi connectivity index (χ0n) is 12.6. The van der Waals surface area contributed by atoms with E-state index in [1.54, 1.807) is 18.2 Å². The molecule has 0 aromatic heterocycles. The summed E-state index contributed by atoms with van der Waals surface area (Å²) in [6, 6.07) is 12.0. The van der Waals surface area contributed by atoms with Crippen molar-refractivity contribution in [1.82, 2.24) is 0 Å². The molecule has 3 aromatic carbocycles. The zero-order chi connectivity index (χ0) is 18.2. The molecule has 0 radical (unpaired) electrons. The smallest absolute Gasteiger partial charge is 0.339 e. The van der Waals surface area contributed by atoms with E-state index in [1.807, 2.05) is 0 Å². The van der Waals surface area contributed by atoms with Gasteiger partial charge in [-0.3, -0.25) is 10.1 Å². The summed E-state index contributed by atoms with van der Waals surface area (Å²) < 4.78 is 30.3. The van der Waals surface area contributed by atoms with Crippen molar-refractivity contribution in [1.29, 1.82) is 0 Å². The molecule has 0 aliphatic carbocycles. The maximum absolute atomic E-state index is 12.6. The Morgan fingerprint density at radius 3 is 2.40 bits per heavy atom. The number of benzene rings is 3. The molecule has 25 heavy (non-hydrogen) atoms. The van der Waals surface area contributed by atoms with Gasteiger partial charge in [0.1, 0.15) is 10.6 Å². The van der Waals surface area contributed by atoms with Gasteiger partial charge in [-0.25, -0.2) is 0 Å². The number of nitro groups is 1. The van der Waals surface area contributed by atoms with Crippen LogP contribution in [0.4, 0.5) is 11.4 Å². The molecule has 0 aliphatic heterocycles. The normalized spacial score (nSPS) is 11.4. The van der Waals surface area contributed by atoms with Gasteiger partial charge in [0.25, 0.3) is 5.69 Å². The SMILES string of the molecule is Nc1ccc([N+](=O)[O-])cc1OS(=O)(=O)c1ccc(O)c2ccccc12. The van der Waals surface area contributed by atoms with E-state index in [2.05, 4.69) is 0 Å². The lowest BCUT2D eigenvalue weighted by molar-refractivity contribution is -0.384. The van der Waals surface area contributed by atoms with Crippen LogP contribution in [0.5, 0.6) is 11.5 Å². The van der Waals surface area contributed by atoms with Crippen molar-refractivity contribution < 1.29 is 22.6 Å². The third kappa shape index (κ3) is 3.04. The zero-order valence-corrected chi connectivity index (χ0v) is 13.4. The van der Waals surface area contributed by atoms with E-state index in [-0.39, 0.29) is 33.2 Å². The van der Waals surface area contributed by atoms with E-state index in [0.717, 1.165) is 12.1 Å². The van der Waals surface area contributed by atoms with Gasteiger partial charge in [0.05, 0.1) is 16.7 Å². The van der Waals surface area contributed by atoms with Crippen molar-refractivity contribution >= 4 is 32.3 Å². The number of non-ortho nitro benzene ring substituents is 1. The Balaban J connectivity index is 2.12. The molecule has 0 fully saturated rings. The summed E-state index contributed by atoms with van der Waals surface area (Å²) in [6.07, 6.45) is 0. The molecule has 0 atom stereocenters. The van der Waals surface area contributed by atoms with Gasteiger partial charge in [-0.15, -0.1) is 0 Å². The van der Waals surface area contributed by atoms with Gasteiger partial charge in [0.2, 0.25) is 0 Å². The molecular weight excluding hydrogens is 348 g/mol. The van der Waals surface area contributed by atoms with Crippen molar-refractivity contribution in [2.45, 2.75) is 4.90 Å². The fraction of sp³-hybridized carbons (Fsp3) is 0. The molecule has 0 unspecified atom stereocenters. The second kappa shape index (κ2) is 5.95. The summed E-state index contributed by atoms with van der Waals surface area (Å²) in [5.41, 5.74) is 5.25. The minimum Gasteiger partial charge on any atom is -0.507 e. The van der Waals surface area contributed by atoms with Gasteiger partial charge in [-0.2, -0.15) is 8.42 Å². The monoisotopic (exact) mass is 360 g/mol. The molecule has 0 bridgehead atoms. The molecule has 0 amide bonds. The van der Waals surface area contributed by atoms with Crippen LogP contribution in [0.25, 0.3) is 10.8 Å². The largest absolute Gasteiger partial charge is 0.507 e. The van der Waals surface area contributed by atoms with Crippen LogP contribution in [0.1, 0.15) is 0 Å². The number of anilines is 1. The number of nitrogen functional groups attached to an aromatic ring is 1. The number of rotatable bonds is 4. The molecular formula is C16H12N2O6S. The number of phenolic OH excluding ortho intramolecular Hbond substituents is 1. The lowest BCUT2D eigenvalue weighted by Crippen LogP contribution is -2.11. The van der Waals surface area contributed by atoms with Crippen LogP contribution in [0.2, 0.25) is 0 Å². The highest BCUT2D eigenvalue weighted by Crippen LogP contribution is 2.34. The molecule has 0 aliphatic rings. The number of fused-ring (bicyclic) bond motifs is 1. The van der Waals surface area contributed by atoms with Gasteiger partial charge >= 0.3 is 10.1 Å². The second-order valence-corrected chi connectivity index (χ2v) is 6.66. The van der Waals surface area contributed by atoms with E-state index in [0.29, 0.717) is 5.39 Å². The van der Waals surface area contributed by atoms with Crippen LogP contribution in [0.3, 0.4) is 0 Å². The molecule has 128 valence electrons. The molecule has 9 heteroatoms. The maximum Gasteiger partial charge on any atom is 0.339 e. The quantitative estimate of drug-likeness (QED) is 0.316. The van der Waals surface area contributed by atoms with Crippen molar-refractivity contribution in [3.8, 4) is 11.5 Å². The van der Waals surface area contributed by atoms with Crippen LogP contribution >= 0.6 is 0 Å². The summed E-state index contributed by atoms with van der Waals surface area (Å²) in [5, 5.41) is 21.3. The summed E-state index contributed by atoms with van der Waals surface area (Å²) in [4.78, 5) is 9.97. The third-order valence-electron chi connectivity index (χ3n) is 3.54. The number of nitrogens with zero attached hydrogens (tertiary/aromatic N) is 1. The highest BCUT2D eigenvalue weighted by molar-refractivity contribution is 7.87. The van der Waals surface area contributed by atoms with Crippen molar-refractivity contribution in [2.24, 2.45) is 0 Å². The molecule has 0 heterocycles. The summed E-state index contributed by atoms with van der Waals surface area (Å²) in [5.74, 6) is -0.421. The number of hydrogen-bond acceptors (Lipinski definition) is 7. The number of hydrogen-bond donors (Lipinski definition) is 2. The first-order valence-electron chi connectivity index (χ1n) is 6.99. The van der Waals surface area contributed by atoms with Crippen LogP contribution in [-0.4, -0.2) is 18.4 Å². The van der Waals surface area contributed by atoms with Crippen LogP contribution in [0, 0.1) is 10.1 Å². The van der Waals surface area contributed by atoms with Gasteiger partial charge in [-0.1, -0.05) is 24.3 Å². The Hall–Kier alpha value is -3.33. The topological polar surface area (TPSA) is 133 Å². The van der Waals surface area contributed by atoms with Crippen LogP contribution in [0.15, 0.2) is 59.5 Å². The first-order valence-corrected chi connectivity index (χ1v) is 8.39. The minimum absolute atomic E-state index is 0.0581. The molecule has 0 saturated carbocycles. The Kier molecular flexibility index (Phi) is 3.93. The predicted octanol–water partition coefficient (Wildman–Crippen LogP) is 2.80. The van der Waals surface area contributed by atoms with E-state index in [1.165, 1.54) is 24.3 Å². The summed E-state index contributed by atoms with van der Waals surface area (Å²) in [7, 11) is -4.34. The Morgan fingerprint density at radius 1 is 1.04 bits per heavy atom. The van der Waals surface area contributed by atoms with Gasteiger partial charge < -0.3 is 15.0 Å². The molecule has 3 rings (SSSR count). The van der Waals surface area contributed by atoms with Crippen LogP contribution in [-0.2, 0) is 10.1 Å². The molecule has 0 saturated heterocycles. The van der Waals surface area contributed by atoms with Gasteiger partial charge in [-0.05, 0) is 18.2 Å². The third-order valence-corrected chi connectivity index (χ3v) is 4.83. The fourth-order valence-corrected chi connectivity index (χ4v) is 3.50. The van der Waals surface area contributed by atoms with E-state index in [9.17, 15) is 23.6 Å².